The molecule has 0 bridgehead atoms. The van der Waals surface area contributed by atoms with Crippen LogP contribution in [-0.2, 0) is 18.3 Å². The number of benzene rings is 2. The first-order chi connectivity index (χ1) is 15.6. The van der Waals surface area contributed by atoms with Crippen molar-refractivity contribution in [2.45, 2.75) is 31.4 Å². The van der Waals surface area contributed by atoms with Gasteiger partial charge in [-0.15, -0.1) is 0 Å². The second-order valence-electron chi connectivity index (χ2n) is 7.05. The van der Waals surface area contributed by atoms with Crippen LogP contribution in [0.3, 0.4) is 0 Å². The average molecular weight is 553 g/mol. The van der Waals surface area contributed by atoms with Gasteiger partial charge in [-0.2, -0.15) is 26.3 Å². The SMILES string of the molecule is CCNC(=O)NCc1ccc(NC[C@](O)(c2cc(Cl)c(Cl)c(Cl)c2)C(F)(F)F)cc1C(F)(F)F. The normalized spacial score (nSPS) is 13.9. The fourth-order valence-electron chi connectivity index (χ4n) is 2.89. The van der Waals surface area contributed by atoms with E-state index in [4.69, 9.17) is 34.8 Å². The minimum atomic E-state index is -5.26. The van der Waals surface area contributed by atoms with Crippen molar-refractivity contribution in [3.8, 4) is 0 Å². The third-order valence-electron chi connectivity index (χ3n) is 4.67. The minimum Gasteiger partial charge on any atom is -0.381 e. The molecule has 0 spiro atoms. The number of hydrogen-bond acceptors (Lipinski definition) is 3. The summed E-state index contributed by atoms with van der Waals surface area (Å²) in [5, 5.41) is 16.3. The van der Waals surface area contributed by atoms with Gasteiger partial charge in [-0.25, -0.2) is 4.79 Å². The summed E-state index contributed by atoms with van der Waals surface area (Å²) in [7, 11) is 0. The summed E-state index contributed by atoms with van der Waals surface area (Å²) in [5.74, 6) is 0. The Morgan fingerprint density at radius 2 is 1.56 bits per heavy atom. The second-order valence-corrected chi connectivity index (χ2v) is 8.24. The van der Waals surface area contributed by atoms with E-state index in [2.05, 4.69) is 16.0 Å². The summed E-state index contributed by atoms with van der Waals surface area (Å²) in [6, 6.07) is 3.51. The Labute approximate surface area is 205 Å². The molecule has 0 aromatic heterocycles. The molecule has 0 aliphatic rings. The minimum absolute atomic E-state index is 0.226. The highest BCUT2D eigenvalue weighted by molar-refractivity contribution is 6.48. The van der Waals surface area contributed by atoms with E-state index in [9.17, 15) is 36.2 Å². The lowest BCUT2D eigenvalue weighted by molar-refractivity contribution is -0.260. The number of urea groups is 1. The van der Waals surface area contributed by atoms with Gasteiger partial charge in [0.15, 0.2) is 0 Å². The van der Waals surface area contributed by atoms with E-state index in [0.29, 0.717) is 6.07 Å². The van der Waals surface area contributed by atoms with Crippen molar-refractivity contribution in [2.24, 2.45) is 0 Å². The van der Waals surface area contributed by atoms with Crippen LogP contribution in [0.5, 0.6) is 0 Å². The van der Waals surface area contributed by atoms with E-state index in [-0.39, 0.29) is 32.9 Å². The molecule has 2 amide bonds. The quantitative estimate of drug-likeness (QED) is 0.239. The topological polar surface area (TPSA) is 73.4 Å². The number of amides is 2. The van der Waals surface area contributed by atoms with E-state index >= 15 is 0 Å². The van der Waals surface area contributed by atoms with Gasteiger partial charge in [-0.1, -0.05) is 40.9 Å². The predicted molar refractivity (Wildman–Crippen MR) is 117 cm³/mol. The summed E-state index contributed by atoms with van der Waals surface area (Å²) in [6.45, 7) is 0.135. The molecule has 0 saturated carbocycles. The molecular weight excluding hydrogens is 535 g/mol. The standard InChI is InChI=1S/C20H18Cl3F6N3O2/c1-2-30-17(33)31-8-10-3-4-12(7-13(10)19(24,25)26)32-9-18(34,20(27,28)29)11-5-14(21)16(23)15(22)6-11/h3-7,32,34H,2,8-9H2,1H3,(H2,30,31,33)/t18-/m0/s1. The highest BCUT2D eigenvalue weighted by Crippen LogP contribution is 2.43. The molecule has 0 heterocycles. The molecule has 0 aliphatic carbocycles. The Morgan fingerprint density at radius 1 is 0.971 bits per heavy atom. The highest BCUT2D eigenvalue weighted by Gasteiger charge is 2.55. The van der Waals surface area contributed by atoms with Crippen molar-refractivity contribution in [3.63, 3.8) is 0 Å². The largest absolute Gasteiger partial charge is 0.423 e. The third-order valence-corrected chi connectivity index (χ3v) is 5.87. The first kappa shape index (κ1) is 28.2. The molecule has 34 heavy (non-hydrogen) atoms. The highest BCUT2D eigenvalue weighted by atomic mass is 35.5. The zero-order valence-electron chi connectivity index (χ0n) is 17.3. The number of aliphatic hydroxyl groups is 1. The van der Waals surface area contributed by atoms with Gasteiger partial charge in [0.2, 0.25) is 5.60 Å². The zero-order valence-corrected chi connectivity index (χ0v) is 19.5. The van der Waals surface area contributed by atoms with Crippen LogP contribution >= 0.6 is 34.8 Å². The number of alkyl halides is 6. The van der Waals surface area contributed by atoms with Crippen LogP contribution in [0.4, 0.5) is 36.8 Å². The predicted octanol–water partition coefficient (Wildman–Crippen LogP) is 6.35. The van der Waals surface area contributed by atoms with Gasteiger partial charge < -0.3 is 21.1 Å². The van der Waals surface area contributed by atoms with Crippen LogP contribution in [-0.4, -0.2) is 30.4 Å². The molecular formula is C20H18Cl3F6N3O2. The zero-order chi connectivity index (χ0) is 25.9. The van der Waals surface area contributed by atoms with Crippen LogP contribution in [0, 0.1) is 0 Å². The van der Waals surface area contributed by atoms with E-state index < -0.39 is 48.2 Å². The molecule has 5 nitrogen and oxygen atoms in total. The summed E-state index contributed by atoms with van der Waals surface area (Å²) in [4.78, 5) is 11.5. The van der Waals surface area contributed by atoms with Gasteiger partial charge >= 0.3 is 18.4 Å². The molecule has 0 aliphatic heterocycles. The first-order valence-electron chi connectivity index (χ1n) is 9.50. The Bertz CT molecular complexity index is 1030. The summed E-state index contributed by atoms with van der Waals surface area (Å²) >= 11 is 17.3. The fraction of sp³-hybridized carbons (Fsp3) is 0.350. The van der Waals surface area contributed by atoms with Crippen LogP contribution in [0.2, 0.25) is 15.1 Å². The van der Waals surface area contributed by atoms with Gasteiger partial charge in [-0.3, -0.25) is 0 Å². The Hall–Kier alpha value is -2.08. The lowest BCUT2D eigenvalue weighted by Crippen LogP contribution is -2.47. The first-order valence-corrected chi connectivity index (χ1v) is 10.6. The molecule has 14 heteroatoms. The van der Waals surface area contributed by atoms with E-state index in [0.717, 1.165) is 24.3 Å². The van der Waals surface area contributed by atoms with Crippen molar-refractivity contribution < 1.29 is 36.2 Å². The smallest absolute Gasteiger partial charge is 0.381 e. The molecule has 0 saturated heterocycles. The molecule has 0 radical (unpaired) electrons. The Morgan fingerprint density at radius 3 is 2.06 bits per heavy atom. The maximum absolute atomic E-state index is 13.8. The molecule has 0 fully saturated rings. The molecule has 2 aromatic carbocycles. The number of carbonyl (C=O) groups excluding carboxylic acids is 1. The molecule has 0 unspecified atom stereocenters. The Balaban J connectivity index is 2.36. The van der Waals surface area contributed by atoms with Gasteiger partial charge in [0, 0.05) is 18.8 Å². The van der Waals surface area contributed by atoms with Crippen molar-refractivity contribution >= 4 is 46.5 Å². The number of rotatable bonds is 7. The molecule has 2 aromatic rings. The molecule has 4 N–H and O–H groups in total. The van der Waals surface area contributed by atoms with Crippen molar-refractivity contribution in [2.75, 3.05) is 18.4 Å². The maximum Gasteiger partial charge on any atom is 0.423 e. The lowest BCUT2D eigenvalue weighted by atomic mass is 9.92. The van der Waals surface area contributed by atoms with Gasteiger partial charge in [0.25, 0.3) is 0 Å². The number of nitrogens with one attached hydrogen (secondary N) is 3. The van der Waals surface area contributed by atoms with Crippen molar-refractivity contribution in [3.05, 3.63) is 62.1 Å². The Kier molecular flexibility index (Phi) is 8.84. The van der Waals surface area contributed by atoms with E-state index in [1.165, 1.54) is 0 Å². The lowest BCUT2D eigenvalue weighted by Gasteiger charge is -2.32. The molecule has 188 valence electrons. The summed E-state index contributed by atoms with van der Waals surface area (Å²) in [5.41, 5.74) is -6.18. The fourth-order valence-corrected chi connectivity index (χ4v) is 3.49. The van der Waals surface area contributed by atoms with Crippen LogP contribution < -0.4 is 16.0 Å². The van der Waals surface area contributed by atoms with Gasteiger partial charge in [0.05, 0.1) is 27.2 Å². The third kappa shape index (κ3) is 6.53. The number of hydrogen-bond donors (Lipinski definition) is 4. The van der Waals surface area contributed by atoms with Crippen LogP contribution in [0.25, 0.3) is 0 Å². The number of halogens is 9. The monoisotopic (exact) mass is 551 g/mol. The number of carbonyl (C=O) groups is 1. The maximum atomic E-state index is 13.8. The van der Waals surface area contributed by atoms with E-state index in [1.807, 2.05) is 0 Å². The molecule has 1 atom stereocenters. The van der Waals surface area contributed by atoms with Crippen LogP contribution in [0.1, 0.15) is 23.6 Å². The molecule has 2 rings (SSSR count). The van der Waals surface area contributed by atoms with Crippen molar-refractivity contribution in [1.29, 1.82) is 0 Å². The van der Waals surface area contributed by atoms with E-state index in [1.54, 1.807) is 6.92 Å². The average Bonchev–Trinajstić information content (AvgIpc) is 2.73. The number of anilines is 1. The van der Waals surface area contributed by atoms with Gasteiger partial charge in [0.1, 0.15) is 0 Å². The van der Waals surface area contributed by atoms with Crippen molar-refractivity contribution in [1.82, 2.24) is 10.6 Å². The van der Waals surface area contributed by atoms with Gasteiger partial charge in [-0.05, 0) is 42.3 Å². The second kappa shape index (κ2) is 10.7. The summed E-state index contributed by atoms with van der Waals surface area (Å²) < 4.78 is 82.0. The summed E-state index contributed by atoms with van der Waals surface area (Å²) in [6.07, 6.45) is -10.1. The van der Waals surface area contributed by atoms with Crippen LogP contribution in [0.15, 0.2) is 30.3 Å².